The summed E-state index contributed by atoms with van der Waals surface area (Å²) in [6.45, 7) is 4.05. The number of fused-ring (bicyclic) bond motifs is 1. The lowest BCUT2D eigenvalue weighted by Gasteiger charge is -2.25. The molecule has 0 aromatic heterocycles. The summed E-state index contributed by atoms with van der Waals surface area (Å²) < 4.78 is 5.76. The molecule has 0 aliphatic carbocycles. The van der Waals surface area contributed by atoms with Gasteiger partial charge in [-0.15, -0.1) is 0 Å². The molecule has 1 amide bonds. The fourth-order valence-electron chi connectivity index (χ4n) is 3.73. The highest BCUT2D eigenvalue weighted by molar-refractivity contribution is 9.10. The molecule has 1 unspecified atom stereocenters. The van der Waals surface area contributed by atoms with Crippen molar-refractivity contribution in [2.75, 3.05) is 11.9 Å². The van der Waals surface area contributed by atoms with Crippen LogP contribution in [0.3, 0.4) is 0 Å². The van der Waals surface area contributed by atoms with Crippen molar-refractivity contribution in [1.82, 2.24) is 0 Å². The molecule has 0 saturated carbocycles. The number of nitrogens with one attached hydrogen (secondary N) is 1. The zero-order valence-corrected chi connectivity index (χ0v) is 19.7. The van der Waals surface area contributed by atoms with Crippen LogP contribution in [0.15, 0.2) is 58.0 Å². The van der Waals surface area contributed by atoms with Gasteiger partial charge in [-0.25, -0.2) is 14.4 Å². The first-order valence-electron chi connectivity index (χ1n) is 10.3. The predicted molar refractivity (Wildman–Crippen MR) is 126 cm³/mol. The third-order valence-corrected chi connectivity index (χ3v) is 5.62. The molecule has 0 spiro atoms. The molecule has 3 rings (SSSR count). The number of anilines is 1. The number of rotatable bonds is 8. The van der Waals surface area contributed by atoms with Crippen molar-refractivity contribution in [3.8, 4) is 0 Å². The molecule has 0 saturated heterocycles. The van der Waals surface area contributed by atoms with E-state index in [9.17, 15) is 24.6 Å². The van der Waals surface area contributed by atoms with E-state index in [1.165, 1.54) is 12.1 Å². The number of ether oxygens (including phenoxy) is 1. The van der Waals surface area contributed by atoms with Gasteiger partial charge in [0.15, 0.2) is 0 Å². The molecule has 9 heteroatoms. The Bertz CT molecular complexity index is 1270. The van der Waals surface area contributed by atoms with Crippen LogP contribution >= 0.6 is 15.9 Å². The fourth-order valence-corrected chi connectivity index (χ4v) is 4.23. The number of hydrogen-bond donors (Lipinski definition) is 3. The van der Waals surface area contributed by atoms with Crippen molar-refractivity contribution in [3.05, 3.63) is 74.7 Å². The van der Waals surface area contributed by atoms with Gasteiger partial charge in [0, 0.05) is 27.0 Å². The summed E-state index contributed by atoms with van der Waals surface area (Å²) in [6.07, 6.45) is 2.77. The number of carbonyl (C=O) groups excluding carboxylic acids is 1. The molecule has 0 fully saturated rings. The van der Waals surface area contributed by atoms with E-state index in [-0.39, 0.29) is 17.7 Å². The van der Waals surface area contributed by atoms with Gasteiger partial charge in [-0.3, -0.25) is 10.3 Å². The number of nitrogens with zero attached hydrogens (tertiary/aromatic N) is 1. The van der Waals surface area contributed by atoms with E-state index in [1.54, 1.807) is 24.3 Å². The van der Waals surface area contributed by atoms with E-state index in [1.807, 2.05) is 19.9 Å². The standard InChI is InChI=1S/C24H23BrN2O6/c1-3-10-33-23(32)26-17-7-5-6-15(12-17)24(22(30)31)19(8-9-20(28)29)18-13-16(25)11-14(4-2)21(18)27-24/h5-9,11-13H,3-4,10H2,1-2H3,(H,26,32)(H,28,29)(H,30,31). The SMILES string of the molecule is CCCOC(=O)Nc1cccc(C2(C(=O)O)N=c3c(CC)cc(Br)cc3=C2C=CC(=O)O)c1. The van der Waals surface area contributed by atoms with E-state index < -0.39 is 23.6 Å². The van der Waals surface area contributed by atoms with Gasteiger partial charge in [-0.1, -0.05) is 41.9 Å². The van der Waals surface area contributed by atoms with Crippen LogP contribution in [0.4, 0.5) is 10.5 Å². The molecule has 3 N–H and O–H groups in total. The van der Waals surface area contributed by atoms with Crippen molar-refractivity contribution < 1.29 is 29.3 Å². The Morgan fingerprint density at radius 1 is 1.18 bits per heavy atom. The number of carboxylic acids is 2. The maximum Gasteiger partial charge on any atom is 0.411 e. The summed E-state index contributed by atoms with van der Waals surface area (Å²) in [7, 11) is 0. The Morgan fingerprint density at radius 3 is 2.58 bits per heavy atom. The van der Waals surface area contributed by atoms with Crippen LogP contribution in [0.25, 0.3) is 5.57 Å². The molecule has 172 valence electrons. The Hall–Kier alpha value is -3.46. The zero-order valence-electron chi connectivity index (χ0n) is 18.1. The largest absolute Gasteiger partial charge is 0.479 e. The van der Waals surface area contributed by atoms with Gasteiger partial charge in [0.2, 0.25) is 5.54 Å². The van der Waals surface area contributed by atoms with Crippen molar-refractivity contribution in [2.45, 2.75) is 32.2 Å². The molecule has 1 atom stereocenters. The first-order chi connectivity index (χ1) is 15.7. The van der Waals surface area contributed by atoms with E-state index in [4.69, 9.17) is 4.74 Å². The van der Waals surface area contributed by atoms with E-state index in [2.05, 4.69) is 26.2 Å². The lowest BCUT2D eigenvalue weighted by molar-refractivity contribution is -0.141. The van der Waals surface area contributed by atoms with E-state index >= 15 is 0 Å². The van der Waals surface area contributed by atoms with Crippen molar-refractivity contribution in [2.24, 2.45) is 4.99 Å². The van der Waals surface area contributed by atoms with Crippen LogP contribution in [0.5, 0.6) is 0 Å². The second kappa shape index (κ2) is 9.99. The number of aliphatic carboxylic acids is 2. The Morgan fingerprint density at radius 2 is 1.94 bits per heavy atom. The van der Waals surface area contributed by atoms with Crippen LogP contribution in [0.1, 0.15) is 31.4 Å². The van der Waals surface area contributed by atoms with Gasteiger partial charge < -0.3 is 14.9 Å². The number of carbonyl (C=O) groups is 3. The van der Waals surface area contributed by atoms with Crippen molar-refractivity contribution >= 4 is 45.2 Å². The van der Waals surface area contributed by atoms with Gasteiger partial charge in [-0.2, -0.15) is 0 Å². The second-order valence-electron chi connectivity index (χ2n) is 7.37. The molecule has 0 radical (unpaired) electrons. The number of aryl methyl sites for hydroxylation is 1. The first kappa shape index (κ1) is 24.2. The fraction of sp³-hybridized carbons (Fsp3) is 0.250. The Kier molecular flexibility index (Phi) is 7.33. The minimum atomic E-state index is -1.90. The van der Waals surface area contributed by atoms with Crippen molar-refractivity contribution in [1.29, 1.82) is 0 Å². The Balaban J connectivity index is 2.26. The second-order valence-corrected chi connectivity index (χ2v) is 8.28. The molecule has 1 aliphatic rings. The predicted octanol–water partition coefficient (Wildman–Crippen LogP) is 3.37. The summed E-state index contributed by atoms with van der Waals surface area (Å²) in [5.74, 6) is -2.48. The molecule has 1 heterocycles. The molecule has 2 aromatic rings. The van der Waals surface area contributed by atoms with E-state index in [0.717, 1.165) is 16.1 Å². The molecular formula is C24H23BrN2O6. The van der Waals surface area contributed by atoms with Crippen LogP contribution in [0, 0.1) is 0 Å². The monoisotopic (exact) mass is 514 g/mol. The van der Waals surface area contributed by atoms with Gasteiger partial charge in [0.25, 0.3) is 0 Å². The highest BCUT2D eigenvalue weighted by Crippen LogP contribution is 2.38. The van der Waals surface area contributed by atoms with Crippen molar-refractivity contribution in [3.63, 3.8) is 0 Å². The zero-order chi connectivity index (χ0) is 24.2. The average Bonchev–Trinajstić information content (AvgIpc) is 3.11. The van der Waals surface area contributed by atoms with Crippen LogP contribution < -0.4 is 15.9 Å². The minimum absolute atomic E-state index is 0.217. The van der Waals surface area contributed by atoms with Gasteiger partial charge in [0.05, 0.1) is 12.0 Å². The molecular weight excluding hydrogens is 492 g/mol. The lowest BCUT2D eigenvalue weighted by atomic mass is 9.82. The Labute approximate surface area is 198 Å². The van der Waals surface area contributed by atoms with Gasteiger partial charge in [-0.05, 0) is 54.3 Å². The molecule has 8 nitrogen and oxygen atoms in total. The van der Waals surface area contributed by atoms with E-state index in [0.29, 0.717) is 29.1 Å². The molecule has 33 heavy (non-hydrogen) atoms. The molecule has 0 bridgehead atoms. The highest BCUT2D eigenvalue weighted by atomic mass is 79.9. The number of carboxylic acid groups (broad SMARTS) is 2. The third-order valence-electron chi connectivity index (χ3n) is 5.16. The maximum atomic E-state index is 12.8. The van der Waals surface area contributed by atoms with Crippen LogP contribution in [-0.2, 0) is 26.3 Å². The average molecular weight is 515 g/mol. The summed E-state index contributed by atoms with van der Waals surface area (Å²) in [4.78, 5) is 40.7. The molecule has 1 aliphatic heterocycles. The van der Waals surface area contributed by atoms with Gasteiger partial charge >= 0.3 is 18.0 Å². The summed E-state index contributed by atoms with van der Waals surface area (Å²) in [5, 5.41) is 23.3. The normalized spacial score (nSPS) is 16.9. The topological polar surface area (TPSA) is 125 Å². The minimum Gasteiger partial charge on any atom is -0.479 e. The number of hydrogen-bond acceptors (Lipinski definition) is 5. The van der Waals surface area contributed by atoms with Crippen LogP contribution in [-0.4, -0.2) is 34.9 Å². The lowest BCUT2D eigenvalue weighted by Crippen LogP contribution is -2.34. The van der Waals surface area contributed by atoms with Gasteiger partial charge in [0.1, 0.15) is 0 Å². The number of halogens is 1. The quantitative estimate of drug-likeness (QED) is 0.463. The summed E-state index contributed by atoms with van der Waals surface area (Å²) >= 11 is 3.45. The third kappa shape index (κ3) is 4.83. The number of amides is 1. The summed E-state index contributed by atoms with van der Waals surface area (Å²) in [6, 6.07) is 9.89. The summed E-state index contributed by atoms with van der Waals surface area (Å²) in [5.41, 5.74) is -0.263. The first-order valence-corrected chi connectivity index (χ1v) is 11.1. The maximum absolute atomic E-state index is 12.8. The molecule has 2 aromatic carbocycles. The smallest absolute Gasteiger partial charge is 0.411 e. The van der Waals surface area contributed by atoms with Crippen LogP contribution in [0.2, 0.25) is 0 Å². The highest BCUT2D eigenvalue weighted by Gasteiger charge is 2.46. The number of benzene rings is 2.